The Kier molecular flexibility index (Phi) is 1.86. The summed E-state index contributed by atoms with van der Waals surface area (Å²) >= 11 is 0. The number of aryl methyl sites for hydroxylation is 2. The molecule has 0 nitrogen and oxygen atoms in total. The van der Waals surface area contributed by atoms with Gasteiger partial charge in [-0.25, -0.2) is 8.78 Å². The molecule has 13 heavy (non-hydrogen) atoms. The summed E-state index contributed by atoms with van der Waals surface area (Å²) in [7, 11) is 0. The van der Waals surface area contributed by atoms with Crippen LogP contribution in [-0.2, 0) is 12.8 Å². The molecule has 1 aromatic rings. The lowest BCUT2D eigenvalue weighted by atomic mass is 9.88. The third kappa shape index (κ3) is 1.71. The highest BCUT2D eigenvalue weighted by atomic mass is 19.3. The molecule has 0 aliphatic heterocycles. The topological polar surface area (TPSA) is 0 Å². The van der Waals surface area contributed by atoms with Crippen molar-refractivity contribution in [2.75, 3.05) is 0 Å². The number of hydrogen-bond donors (Lipinski definition) is 0. The first kappa shape index (κ1) is 8.67. The van der Waals surface area contributed by atoms with E-state index in [1.54, 1.807) is 0 Å². The van der Waals surface area contributed by atoms with Gasteiger partial charge < -0.3 is 0 Å². The summed E-state index contributed by atoms with van der Waals surface area (Å²) in [5.41, 5.74) is 3.08. The van der Waals surface area contributed by atoms with Gasteiger partial charge in [-0.2, -0.15) is 0 Å². The van der Waals surface area contributed by atoms with E-state index in [1.807, 2.05) is 25.1 Å². The first-order valence-electron chi connectivity index (χ1n) is 4.53. The third-order valence-electron chi connectivity index (χ3n) is 2.57. The van der Waals surface area contributed by atoms with Crippen LogP contribution in [0.25, 0.3) is 0 Å². The van der Waals surface area contributed by atoms with Crippen molar-refractivity contribution < 1.29 is 8.78 Å². The molecule has 0 radical (unpaired) electrons. The maximum Gasteiger partial charge on any atom is 0.252 e. The van der Waals surface area contributed by atoms with Crippen LogP contribution in [-0.4, -0.2) is 5.92 Å². The number of hydrogen-bond acceptors (Lipinski definition) is 0. The summed E-state index contributed by atoms with van der Waals surface area (Å²) in [5.74, 6) is -2.48. The summed E-state index contributed by atoms with van der Waals surface area (Å²) < 4.78 is 26.0. The van der Waals surface area contributed by atoms with Crippen molar-refractivity contribution in [3.8, 4) is 0 Å². The van der Waals surface area contributed by atoms with Crippen molar-refractivity contribution in [1.82, 2.24) is 0 Å². The van der Waals surface area contributed by atoms with Gasteiger partial charge in [0.15, 0.2) is 0 Å². The van der Waals surface area contributed by atoms with Crippen LogP contribution in [0.4, 0.5) is 8.78 Å². The molecular formula is C11H12F2. The molecule has 2 heteroatoms. The summed E-state index contributed by atoms with van der Waals surface area (Å²) in [5, 5.41) is 0. The highest BCUT2D eigenvalue weighted by Crippen LogP contribution is 2.33. The smallest absolute Gasteiger partial charge is 0.207 e. The van der Waals surface area contributed by atoms with Gasteiger partial charge in [-0.3, -0.25) is 0 Å². The second kappa shape index (κ2) is 2.79. The van der Waals surface area contributed by atoms with E-state index in [-0.39, 0.29) is 12.8 Å². The lowest BCUT2D eigenvalue weighted by Gasteiger charge is -2.24. The van der Waals surface area contributed by atoms with Gasteiger partial charge in [-0.15, -0.1) is 0 Å². The monoisotopic (exact) mass is 182 g/mol. The molecule has 2 rings (SSSR count). The lowest BCUT2D eigenvalue weighted by molar-refractivity contribution is -0.0122. The SMILES string of the molecule is Cc1ccc2c(c1)CCC(F)(F)C2. The number of halogens is 2. The van der Waals surface area contributed by atoms with Gasteiger partial charge in [0.1, 0.15) is 0 Å². The highest BCUT2D eigenvalue weighted by molar-refractivity contribution is 5.34. The zero-order chi connectivity index (χ0) is 9.47. The Hall–Kier alpha value is -0.920. The Labute approximate surface area is 76.6 Å². The van der Waals surface area contributed by atoms with Gasteiger partial charge >= 0.3 is 0 Å². The zero-order valence-electron chi connectivity index (χ0n) is 7.61. The number of benzene rings is 1. The van der Waals surface area contributed by atoms with Crippen molar-refractivity contribution in [2.45, 2.75) is 32.1 Å². The van der Waals surface area contributed by atoms with Crippen LogP contribution in [0, 0.1) is 6.92 Å². The van der Waals surface area contributed by atoms with Crippen LogP contribution >= 0.6 is 0 Å². The van der Waals surface area contributed by atoms with Gasteiger partial charge in [-0.05, 0) is 24.5 Å². The molecule has 70 valence electrons. The average molecular weight is 182 g/mol. The predicted octanol–water partition coefficient (Wildman–Crippen LogP) is 3.12. The summed E-state index contributed by atoms with van der Waals surface area (Å²) in [6.07, 6.45) is 0.441. The van der Waals surface area contributed by atoms with Crippen LogP contribution in [0.15, 0.2) is 18.2 Å². The molecule has 0 fully saturated rings. The standard InChI is InChI=1S/C11H12F2/c1-8-2-3-10-7-11(12,13)5-4-9(10)6-8/h2-3,6H,4-5,7H2,1H3. The van der Waals surface area contributed by atoms with E-state index >= 15 is 0 Å². The number of rotatable bonds is 0. The van der Waals surface area contributed by atoms with Crippen LogP contribution in [0.2, 0.25) is 0 Å². The minimum atomic E-state index is -2.48. The Morgan fingerprint density at radius 2 is 2.00 bits per heavy atom. The van der Waals surface area contributed by atoms with Crippen molar-refractivity contribution in [1.29, 1.82) is 0 Å². The van der Waals surface area contributed by atoms with E-state index in [9.17, 15) is 8.78 Å². The second-order valence-electron chi connectivity index (χ2n) is 3.80. The van der Waals surface area contributed by atoms with Gasteiger partial charge in [0, 0.05) is 12.8 Å². The van der Waals surface area contributed by atoms with E-state index < -0.39 is 5.92 Å². The maximum absolute atomic E-state index is 13.0. The molecular weight excluding hydrogens is 170 g/mol. The largest absolute Gasteiger partial charge is 0.252 e. The fraction of sp³-hybridized carbons (Fsp3) is 0.455. The first-order valence-corrected chi connectivity index (χ1v) is 4.53. The molecule has 0 heterocycles. The zero-order valence-corrected chi connectivity index (χ0v) is 7.61. The van der Waals surface area contributed by atoms with Gasteiger partial charge in [-0.1, -0.05) is 23.8 Å². The normalized spacial score (nSPS) is 19.6. The molecule has 0 saturated carbocycles. The fourth-order valence-electron chi connectivity index (χ4n) is 1.84. The first-order chi connectivity index (χ1) is 6.07. The number of alkyl halides is 2. The summed E-state index contributed by atoms with van der Waals surface area (Å²) in [4.78, 5) is 0. The van der Waals surface area contributed by atoms with E-state index in [2.05, 4.69) is 0 Å². The van der Waals surface area contributed by atoms with Crippen LogP contribution in [0.5, 0.6) is 0 Å². The van der Waals surface area contributed by atoms with Crippen LogP contribution in [0.1, 0.15) is 23.1 Å². The molecule has 0 unspecified atom stereocenters. The van der Waals surface area contributed by atoms with Crippen LogP contribution in [0.3, 0.4) is 0 Å². The number of fused-ring (bicyclic) bond motifs is 1. The summed E-state index contributed by atoms with van der Waals surface area (Å²) in [6, 6.07) is 5.75. The highest BCUT2D eigenvalue weighted by Gasteiger charge is 2.33. The molecule has 0 spiro atoms. The fourth-order valence-corrected chi connectivity index (χ4v) is 1.84. The molecule has 1 aliphatic rings. The van der Waals surface area contributed by atoms with Crippen LogP contribution < -0.4 is 0 Å². The third-order valence-corrected chi connectivity index (χ3v) is 2.57. The second-order valence-corrected chi connectivity index (χ2v) is 3.80. The molecule has 0 amide bonds. The Bertz CT molecular complexity index is 329. The quantitative estimate of drug-likeness (QED) is 0.578. The Balaban J connectivity index is 2.37. The van der Waals surface area contributed by atoms with E-state index in [0.29, 0.717) is 6.42 Å². The average Bonchev–Trinajstić information content (AvgIpc) is 2.05. The van der Waals surface area contributed by atoms with Crippen molar-refractivity contribution in [3.05, 3.63) is 34.9 Å². The molecule has 1 aromatic carbocycles. The van der Waals surface area contributed by atoms with Crippen molar-refractivity contribution in [3.63, 3.8) is 0 Å². The lowest BCUT2D eigenvalue weighted by Crippen LogP contribution is -2.25. The Morgan fingerprint density at radius 1 is 1.23 bits per heavy atom. The minimum Gasteiger partial charge on any atom is -0.207 e. The molecule has 1 aliphatic carbocycles. The van der Waals surface area contributed by atoms with Gasteiger partial charge in [0.2, 0.25) is 0 Å². The Morgan fingerprint density at radius 3 is 2.77 bits per heavy atom. The van der Waals surface area contributed by atoms with E-state index in [0.717, 1.165) is 16.7 Å². The molecule has 0 atom stereocenters. The van der Waals surface area contributed by atoms with Gasteiger partial charge in [0.05, 0.1) is 0 Å². The van der Waals surface area contributed by atoms with E-state index in [1.165, 1.54) is 0 Å². The molecule has 0 N–H and O–H groups in total. The molecule has 0 bridgehead atoms. The van der Waals surface area contributed by atoms with Crippen molar-refractivity contribution in [2.24, 2.45) is 0 Å². The molecule has 0 saturated heterocycles. The predicted molar refractivity (Wildman–Crippen MR) is 48.2 cm³/mol. The minimum absolute atomic E-state index is 0.00343. The maximum atomic E-state index is 13.0. The van der Waals surface area contributed by atoms with Crippen molar-refractivity contribution >= 4 is 0 Å². The summed E-state index contributed by atoms with van der Waals surface area (Å²) in [6.45, 7) is 1.99. The van der Waals surface area contributed by atoms with E-state index in [4.69, 9.17) is 0 Å². The van der Waals surface area contributed by atoms with Gasteiger partial charge in [0.25, 0.3) is 5.92 Å². The molecule has 0 aromatic heterocycles.